The van der Waals surface area contributed by atoms with Crippen molar-refractivity contribution in [3.05, 3.63) is 29.3 Å². The summed E-state index contributed by atoms with van der Waals surface area (Å²) in [6, 6.07) is 5.42. The molecule has 0 aromatic heterocycles. The number of rotatable bonds is 7. The second kappa shape index (κ2) is 6.75. The lowest BCUT2D eigenvalue weighted by Crippen LogP contribution is -2.38. The fraction of sp³-hybridized carbons (Fsp3) is 0.625. The monoisotopic (exact) mass is 295 g/mol. The molecule has 1 heterocycles. The van der Waals surface area contributed by atoms with Gasteiger partial charge in [0, 0.05) is 17.6 Å². The van der Waals surface area contributed by atoms with Crippen molar-refractivity contribution in [3.8, 4) is 5.75 Å². The van der Waals surface area contributed by atoms with Gasteiger partial charge in [-0.1, -0.05) is 6.07 Å². The molecule has 1 fully saturated rings. The number of nitrogens with one attached hydrogen (secondary N) is 1. The quantitative estimate of drug-likeness (QED) is 0.663. The molecule has 5 heteroatoms. The zero-order valence-electron chi connectivity index (χ0n) is 12.9. The third-order valence-corrected chi connectivity index (χ3v) is 3.29. The van der Waals surface area contributed by atoms with Crippen LogP contribution in [0.1, 0.15) is 38.0 Å². The Morgan fingerprint density at radius 1 is 1.43 bits per heavy atom. The van der Waals surface area contributed by atoms with Gasteiger partial charge in [0.1, 0.15) is 18.5 Å². The lowest BCUT2D eigenvalue weighted by molar-refractivity contribution is 0.162. The molecule has 2 atom stereocenters. The van der Waals surface area contributed by atoms with Gasteiger partial charge >= 0.3 is 0 Å². The van der Waals surface area contributed by atoms with Crippen LogP contribution in [0.4, 0.5) is 0 Å². The molecule has 118 valence electrons. The molecule has 3 N–H and O–H groups in total. The summed E-state index contributed by atoms with van der Waals surface area (Å²) in [5.74, 6) is 0.646. The largest absolute Gasteiger partial charge is 0.490 e. The van der Waals surface area contributed by atoms with Gasteiger partial charge in [-0.15, -0.1) is 0 Å². The molecule has 0 spiro atoms. The van der Waals surface area contributed by atoms with Gasteiger partial charge < -0.3 is 25.0 Å². The van der Waals surface area contributed by atoms with Crippen molar-refractivity contribution in [2.45, 2.75) is 45.1 Å². The van der Waals surface area contributed by atoms with Crippen LogP contribution >= 0.6 is 0 Å². The summed E-state index contributed by atoms with van der Waals surface area (Å²) in [6.45, 7) is 7.74. The number of aliphatic hydroxyl groups excluding tert-OH is 2. The Hall–Kier alpha value is -1.14. The van der Waals surface area contributed by atoms with Crippen molar-refractivity contribution in [2.75, 3.05) is 19.8 Å². The Balaban J connectivity index is 1.99. The predicted molar refractivity (Wildman–Crippen MR) is 80.3 cm³/mol. The van der Waals surface area contributed by atoms with Crippen LogP contribution in [0.3, 0.4) is 0 Å². The first-order valence-electron chi connectivity index (χ1n) is 7.30. The summed E-state index contributed by atoms with van der Waals surface area (Å²) >= 11 is 0. The summed E-state index contributed by atoms with van der Waals surface area (Å²) in [4.78, 5) is 0. The van der Waals surface area contributed by atoms with E-state index in [0.717, 1.165) is 12.2 Å². The molecule has 2 rings (SSSR count). The standard InChI is InChI=1S/C16H25NO4/c1-16(2,3)17-7-14(19)11-4-5-15(12(6-11)8-18)21-10-13-9-20-13/h4-6,13-14,17-19H,7-10H2,1-3H3. The SMILES string of the molecule is CC(C)(C)NCC(O)c1ccc(OCC2CO2)c(CO)c1. The van der Waals surface area contributed by atoms with Gasteiger partial charge in [-0.2, -0.15) is 0 Å². The van der Waals surface area contributed by atoms with Gasteiger partial charge in [0.2, 0.25) is 0 Å². The molecule has 1 aromatic carbocycles. The summed E-state index contributed by atoms with van der Waals surface area (Å²) in [7, 11) is 0. The maximum Gasteiger partial charge on any atom is 0.124 e. The van der Waals surface area contributed by atoms with E-state index in [1.54, 1.807) is 12.1 Å². The topological polar surface area (TPSA) is 74.2 Å². The predicted octanol–water partition coefficient (Wildman–Crippen LogP) is 1.38. The van der Waals surface area contributed by atoms with Crippen LogP contribution in [0.2, 0.25) is 0 Å². The summed E-state index contributed by atoms with van der Waals surface area (Å²) in [6.07, 6.45) is -0.437. The molecule has 1 aromatic rings. The van der Waals surface area contributed by atoms with E-state index >= 15 is 0 Å². The van der Waals surface area contributed by atoms with Gasteiger partial charge in [0.05, 0.1) is 19.3 Å². The minimum Gasteiger partial charge on any atom is -0.490 e. The maximum absolute atomic E-state index is 10.2. The summed E-state index contributed by atoms with van der Waals surface area (Å²) in [5, 5.41) is 22.9. The normalized spacial score (nSPS) is 19.4. The van der Waals surface area contributed by atoms with Crippen molar-refractivity contribution in [3.63, 3.8) is 0 Å². The third-order valence-electron chi connectivity index (χ3n) is 3.29. The van der Waals surface area contributed by atoms with Crippen LogP contribution in [0.15, 0.2) is 18.2 Å². The number of epoxide rings is 1. The van der Waals surface area contributed by atoms with Crippen LogP contribution in [0.25, 0.3) is 0 Å². The van der Waals surface area contributed by atoms with Gasteiger partial charge in [-0.25, -0.2) is 0 Å². The number of β-amino-alcohol motifs (C(OH)–C–C–N with tert-alkyl or cyclic N) is 1. The van der Waals surface area contributed by atoms with E-state index in [2.05, 4.69) is 26.1 Å². The molecular formula is C16H25NO4. The molecule has 1 aliphatic heterocycles. The maximum atomic E-state index is 10.2. The number of hydrogen-bond acceptors (Lipinski definition) is 5. The van der Waals surface area contributed by atoms with E-state index in [-0.39, 0.29) is 18.2 Å². The second-order valence-corrected chi connectivity index (χ2v) is 6.44. The average molecular weight is 295 g/mol. The number of hydrogen-bond donors (Lipinski definition) is 3. The summed E-state index contributed by atoms with van der Waals surface area (Å²) < 4.78 is 10.7. The van der Waals surface area contributed by atoms with Crippen molar-refractivity contribution in [1.82, 2.24) is 5.32 Å². The van der Waals surface area contributed by atoms with Crippen LogP contribution in [0.5, 0.6) is 5.75 Å². The molecule has 2 unspecified atom stereocenters. The Bertz CT molecular complexity index is 466. The molecule has 1 aliphatic rings. The van der Waals surface area contributed by atoms with Crippen molar-refractivity contribution < 1.29 is 19.7 Å². The number of aliphatic hydroxyl groups is 2. The highest BCUT2D eigenvalue weighted by Gasteiger charge is 2.23. The van der Waals surface area contributed by atoms with Crippen molar-refractivity contribution in [1.29, 1.82) is 0 Å². The number of benzene rings is 1. The first-order valence-corrected chi connectivity index (χ1v) is 7.30. The molecular weight excluding hydrogens is 270 g/mol. The van der Waals surface area contributed by atoms with E-state index in [1.165, 1.54) is 0 Å². The Morgan fingerprint density at radius 2 is 2.14 bits per heavy atom. The molecule has 5 nitrogen and oxygen atoms in total. The smallest absolute Gasteiger partial charge is 0.124 e. The lowest BCUT2D eigenvalue weighted by Gasteiger charge is -2.23. The fourth-order valence-electron chi connectivity index (χ4n) is 1.94. The Labute approximate surface area is 125 Å². The van der Waals surface area contributed by atoms with Crippen LogP contribution < -0.4 is 10.1 Å². The molecule has 1 saturated heterocycles. The minimum atomic E-state index is -0.615. The van der Waals surface area contributed by atoms with Gasteiger partial charge in [-0.05, 0) is 38.5 Å². The Kier molecular flexibility index (Phi) is 5.22. The second-order valence-electron chi connectivity index (χ2n) is 6.44. The highest BCUT2D eigenvalue weighted by Crippen LogP contribution is 2.25. The Morgan fingerprint density at radius 3 is 2.71 bits per heavy atom. The third kappa shape index (κ3) is 5.28. The van der Waals surface area contributed by atoms with Crippen molar-refractivity contribution >= 4 is 0 Å². The fourth-order valence-corrected chi connectivity index (χ4v) is 1.94. The lowest BCUT2D eigenvalue weighted by atomic mass is 10.0. The molecule has 0 aliphatic carbocycles. The first kappa shape index (κ1) is 16.2. The van der Waals surface area contributed by atoms with E-state index < -0.39 is 6.10 Å². The molecule has 0 radical (unpaired) electrons. The molecule has 0 amide bonds. The highest BCUT2D eigenvalue weighted by atomic mass is 16.6. The van der Waals surface area contributed by atoms with Crippen LogP contribution in [-0.4, -0.2) is 41.6 Å². The first-order chi connectivity index (χ1) is 9.89. The molecule has 0 bridgehead atoms. The van der Waals surface area contributed by atoms with Gasteiger partial charge in [-0.3, -0.25) is 0 Å². The van der Waals surface area contributed by atoms with Gasteiger partial charge in [0.25, 0.3) is 0 Å². The zero-order chi connectivity index (χ0) is 15.5. The molecule has 21 heavy (non-hydrogen) atoms. The van der Waals surface area contributed by atoms with Crippen molar-refractivity contribution in [2.24, 2.45) is 0 Å². The summed E-state index contributed by atoms with van der Waals surface area (Å²) in [5.41, 5.74) is 1.41. The van der Waals surface area contributed by atoms with E-state index in [9.17, 15) is 10.2 Å². The number of ether oxygens (including phenoxy) is 2. The highest BCUT2D eigenvalue weighted by molar-refractivity contribution is 5.38. The van der Waals surface area contributed by atoms with E-state index in [4.69, 9.17) is 9.47 Å². The van der Waals surface area contributed by atoms with Crippen LogP contribution in [-0.2, 0) is 11.3 Å². The minimum absolute atomic E-state index is 0.0475. The van der Waals surface area contributed by atoms with Gasteiger partial charge in [0.15, 0.2) is 0 Å². The molecule has 0 saturated carbocycles. The van der Waals surface area contributed by atoms with E-state index in [1.807, 2.05) is 6.07 Å². The van der Waals surface area contributed by atoms with E-state index in [0.29, 0.717) is 24.5 Å². The average Bonchev–Trinajstić information content (AvgIpc) is 3.25. The zero-order valence-corrected chi connectivity index (χ0v) is 12.9. The van der Waals surface area contributed by atoms with Crippen LogP contribution in [0, 0.1) is 0 Å².